The molecule has 4 aromatic rings. The van der Waals surface area contributed by atoms with Crippen LogP contribution in [0, 0.1) is 0 Å². The maximum Gasteiger partial charge on any atom is 0.407 e. The normalized spacial score (nSPS) is 19.9. The fourth-order valence-electron chi connectivity index (χ4n) is 4.51. The number of carbonyl (C=O) groups excluding carboxylic acids is 1. The first-order valence-corrected chi connectivity index (χ1v) is 11.9. The van der Waals surface area contributed by atoms with Crippen LogP contribution in [0.1, 0.15) is 38.2 Å². The summed E-state index contributed by atoms with van der Waals surface area (Å²) < 4.78 is 7.26. The first kappa shape index (κ1) is 23.0. The van der Waals surface area contributed by atoms with E-state index in [1.807, 2.05) is 66.1 Å². The third-order valence-corrected chi connectivity index (χ3v) is 6.47. The molecule has 0 spiro atoms. The van der Waals surface area contributed by atoms with E-state index in [2.05, 4.69) is 30.8 Å². The van der Waals surface area contributed by atoms with Crippen LogP contribution in [0.15, 0.2) is 60.9 Å². The molecule has 1 aromatic carbocycles. The Kier molecular flexibility index (Phi) is 6.50. The lowest BCUT2D eigenvalue weighted by atomic mass is 9.80. The summed E-state index contributed by atoms with van der Waals surface area (Å²) in [6.45, 7) is 2.28. The Morgan fingerprint density at radius 1 is 1.20 bits per heavy atom. The minimum Gasteiger partial charge on any atom is -0.445 e. The van der Waals surface area contributed by atoms with Gasteiger partial charge in [-0.25, -0.2) is 14.8 Å². The van der Waals surface area contributed by atoms with Gasteiger partial charge >= 0.3 is 6.09 Å². The van der Waals surface area contributed by atoms with E-state index >= 15 is 0 Å². The number of anilines is 1. The average molecular weight is 492 g/mol. The molecule has 0 radical (unpaired) electrons. The molecule has 0 bridgehead atoms. The highest BCUT2D eigenvalue weighted by atomic mass is 35.5. The van der Waals surface area contributed by atoms with Crippen molar-refractivity contribution in [1.29, 1.82) is 0 Å². The predicted molar refractivity (Wildman–Crippen MR) is 133 cm³/mol. The van der Waals surface area contributed by atoms with Crippen LogP contribution in [-0.2, 0) is 11.3 Å². The molecule has 35 heavy (non-hydrogen) atoms. The predicted octanol–water partition coefficient (Wildman–Crippen LogP) is 4.88. The Balaban J connectivity index is 1.25. The van der Waals surface area contributed by atoms with Crippen LogP contribution in [0.5, 0.6) is 0 Å². The molecular formula is C25H26ClN7O2. The van der Waals surface area contributed by atoms with E-state index in [0.717, 1.165) is 24.8 Å². The van der Waals surface area contributed by atoms with E-state index < -0.39 is 11.6 Å². The third-order valence-electron chi connectivity index (χ3n) is 6.20. The number of amides is 1. The highest BCUT2D eigenvalue weighted by Crippen LogP contribution is 2.31. The lowest BCUT2D eigenvalue weighted by Gasteiger charge is -2.38. The van der Waals surface area contributed by atoms with Crippen molar-refractivity contribution in [3.8, 4) is 11.5 Å². The summed E-state index contributed by atoms with van der Waals surface area (Å²) in [6.07, 6.45) is 6.48. The second kappa shape index (κ2) is 9.87. The number of ether oxygens (including phenoxy) is 1. The molecule has 1 aliphatic rings. The summed E-state index contributed by atoms with van der Waals surface area (Å²) in [4.78, 5) is 21.5. The van der Waals surface area contributed by atoms with Crippen LogP contribution < -0.4 is 10.6 Å². The molecule has 0 aliphatic heterocycles. The number of nitrogens with one attached hydrogen (secondary N) is 2. The van der Waals surface area contributed by atoms with E-state index in [4.69, 9.17) is 16.3 Å². The molecule has 1 aliphatic carbocycles. The Hall–Kier alpha value is -3.72. The lowest BCUT2D eigenvalue weighted by Crippen LogP contribution is -2.51. The van der Waals surface area contributed by atoms with Crippen molar-refractivity contribution in [3.05, 3.63) is 71.5 Å². The Morgan fingerprint density at radius 3 is 2.89 bits per heavy atom. The highest BCUT2D eigenvalue weighted by Gasteiger charge is 2.34. The number of fused-ring (bicyclic) bond motifs is 1. The van der Waals surface area contributed by atoms with Crippen LogP contribution in [0.3, 0.4) is 0 Å². The standard InChI is InChI=1S/C25H26ClN7O2/c1-25(30-24(34)35-16-17-8-3-2-4-9-17)12-7-10-18(14-25)28-23-27-15-19(26)21(29-23)22-32-31-20-11-5-6-13-33(20)22/h2-6,8-9,11,13,15,18H,7,10,12,14,16H2,1H3,(H,30,34)(H,27,28,29)/t18-,25+/m1/s1. The zero-order valence-corrected chi connectivity index (χ0v) is 20.1. The van der Waals surface area contributed by atoms with Gasteiger partial charge in [0.25, 0.3) is 0 Å². The molecule has 1 saturated carbocycles. The number of hydrogen-bond acceptors (Lipinski definition) is 7. The molecule has 2 atom stereocenters. The van der Waals surface area contributed by atoms with Gasteiger partial charge in [0.1, 0.15) is 12.3 Å². The maximum absolute atomic E-state index is 12.5. The van der Waals surface area contributed by atoms with Crippen molar-refractivity contribution in [2.75, 3.05) is 5.32 Å². The van der Waals surface area contributed by atoms with Crippen molar-refractivity contribution in [2.45, 2.75) is 50.8 Å². The molecule has 0 unspecified atom stereocenters. The van der Waals surface area contributed by atoms with Gasteiger partial charge in [-0.3, -0.25) is 4.40 Å². The van der Waals surface area contributed by atoms with Gasteiger partial charge < -0.3 is 15.4 Å². The second-order valence-electron chi connectivity index (χ2n) is 9.03. The molecule has 1 fully saturated rings. The molecule has 2 N–H and O–H groups in total. The van der Waals surface area contributed by atoms with E-state index in [9.17, 15) is 4.79 Å². The molecule has 180 valence electrons. The fraction of sp³-hybridized carbons (Fsp3) is 0.320. The van der Waals surface area contributed by atoms with E-state index in [1.54, 1.807) is 6.20 Å². The number of benzene rings is 1. The van der Waals surface area contributed by atoms with Crippen LogP contribution in [-0.4, -0.2) is 42.2 Å². The lowest BCUT2D eigenvalue weighted by molar-refractivity contribution is 0.120. The Labute approximate surface area is 207 Å². The minimum atomic E-state index is -0.416. The minimum absolute atomic E-state index is 0.0762. The van der Waals surface area contributed by atoms with Crippen LogP contribution >= 0.6 is 11.6 Å². The number of hydrogen-bond donors (Lipinski definition) is 2. The van der Waals surface area contributed by atoms with Gasteiger partial charge in [-0.05, 0) is 50.3 Å². The maximum atomic E-state index is 12.5. The third kappa shape index (κ3) is 5.35. The van der Waals surface area contributed by atoms with E-state index in [-0.39, 0.29) is 12.6 Å². The quantitative estimate of drug-likeness (QED) is 0.396. The second-order valence-corrected chi connectivity index (χ2v) is 9.43. The highest BCUT2D eigenvalue weighted by molar-refractivity contribution is 6.32. The Bertz CT molecular complexity index is 1330. The van der Waals surface area contributed by atoms with Gasteiger partial charge in [-0.2, -0.15) is 0 Å². The molecule has 3 aromatic heterocycles. The van der Waals surface area contributed by atoms with Gasteiger partial charge in [0.2, 0.25) is 5.95 Å². The summed E-state index contributed by atoms with van der Waals surface area (Å²) >= 11 is 6.41. The van der Waals surface area contributed by atoms with Crippen LogP contribution in [0.4, 0.5) is 10.7 Å². The van der Waals surface area contributed by atoms with Gasteiger partial charge in [-0.1, -0.05) is 48.0 Å². The zero-order valence-electron chi connectivity index (χ0n) is 19.3. The monoisotopic (exact) mass is 491 g/mol. The van der Waals surface area contributed by atoms with Crippen molar-refractivity contribution in [3.63, 3.8) is 0 Å². The van der Waals surface area contributed by atoms with Gasteiger partial charge in [0.05, 0.1) is 11.2 Å². The van der Waals surface area contributed by atoms with Crippen LogP contribution in [0.25, 0.3) is 17.2 Å². The average Bonchev–Trinajstić information content (AvgIpc) is 3.28. The summed E-state index contributed by atoms with van der Waals surface area (Å²) in [6, 6.07) is 15.4. The Morgan fingerprint density at radius 2 is 2.03 bits per heavy atom. The number of nitrogens with zero attached hydrogens (tertiary/aromatic N) is 5. The van der Waals surface area contributed by atoms with Gasteiger partial charge in [-0.15, -0.1) is 10.2 Å². The molecular weight excluding hydrogens is 466 g/mol. The van der Waals surface area contributed by atoms with Gasteiger partial charge in [0.15, 0.2) is 11.5 Å². The molecule has 9 nitrogen and oxygen atoms in total. The topological polar surface area (TPSA) is 106 Å². The number of rotatable bonds is 6. The smallest absolute Gasteiger partial charge is 0.407 e. The summed E-state index contributed by atoms with van der Waals surface area (Å²) in [5, 5.41) is 15.3. The number of aromatic nitrogens is 5. The van der Waals surface area contributed by atoms with E-state index in [1.165, 1.54) is 0 Å². The summed E-state index contributed by atoms with van der Waals surface area (Å²) in [5.74, 6) is 1.00. The number of alkyl carbamates (subject to hydrolysis) is 1. The molecule has 5 rings (SSSR count). The number of halogens is 1. The van der Waals surface area contributed by atoms with E-state index in [0.29, 0.717) is 34.6 Å². The van der Waals surface area contributed by atoms with Crippen molar-refractivity contribution in [2.24, 2.45) is 0 Å². The zero-order chi connectivity index (χ0) is 24.3. The fourth-order valence-corrected chi connectivity index (χ4v) is 4.68. The molecule has 1 amide bonds. The molecule has 10 heteroatoms. The first-order chi connectivity index (χ1) is 17.0. The number of carbonyl (C=O) groups is 1. The van der Waals surface area contributed by atoms with Gasteiger partial charge in [0, 0.05) is 17.8 Å². The molecule has 3 heterocycles. The first-order valence-electron chi connectivity index (χ1n) is 11.6. The summed E-state index contributed by atoms with van der Waals surface area (Å²) in [7, 11) is 0. The molecule has 0 saturated heterocycles. The van der Waals surface area contributed by atoms with Crippen molar-refractivity contribution >= 4 is 29.3 Å². The van der Waals surface area contributed by atoms with Crippen LogP contribution in [0.2, 0.25) is 5.02 Å². The van der Waals surface area contributed by atoms with Crippen molar-refractivity contribution in [1.82, 2.24) is 29.9 Å². The number of pyridine rings is 1. The largest absolute Gasteiger partial charge is 0.445 e. The van der Waals surface area contributed by atoms with Crippen molar-refractivity contribution < 1.29 is 9.53 Å². The SMILES string of the molecule is C[C@]1(NC(=O)OCc2ccccc2)CCC[C@@H](Nc2ncc(Cl)c(-c3nnc4ccccn34)n2)C1. The summed E-state index contributed by atoms with van der Waals surface area (Å²) in [5.41, 5.74) is 1.76.